The predicted molar refractivity (Wildman–Crippen MR) is 76.1 cm³/mol. The maximum atomic E-state index is 12.5. The predicted octanol–water partition coefficient (Wildman–Crippen LogP) is 1.45. The monoisotopic (exact) mass is 270 g/mol. The Balaban J connectivity index is 1.75. The summed E-state index contributed by atoms with van der Waals surface area (Å²) in [5.41, 5.74) is 2.12. The Morgan fingerprint density at radius 3 is 2.70 bits per heavy atom. The van der Waals surface area contributed by atoms with Gasteiger partial charge in [0.05, 0.1) is 5.92 Å². The number of imide groups is 1. The van der Waals surface area contributed by atoms with Crippen molar-refractivity contribution in [1.82, 2.24) is 10.2 Å². The van der Waals surface area contributed by atoms with E-state index < -0.39 is 0 Å². The second kappa shape index (κ2) is 5.59. The number of benzene rings is 1. The molecule has 2 aliphatic rings. The van der Waals surface area contributed by atoms with Crippen LogP contribution in [0, 0.1) is 0 Å². The summed E-state index contributed by atoms with van der Waals surface area (Å²) < 4.78 is 0. The van der Waals surface area contributed by atoms with Crippen molar-refractivity contribution < 1.29 is 9.59 Å². The van der Waals surface area contributed by atoms with E-state index in [4.69, 9.17) is 0 Å². The van der Waals surface area contributed by atoms with E-state index in [0.29, 0.717) is 13.0 Å². The zero-order valence-electron chi connectivity index (χ0n) is 11.3. The SMILES string of the molecule is O=C1CC(c2ccccc2)C(=O)N1CC1=CCNCC1. The van der Waals surface area contributed by atoms with Crippen LogP contribution in [0.2, 0.25) is 0 Å². The summed E-state index contributed by atoms with van der Waals surface area (Å²) in [5, 5.41) is 3.23. The fourth-order valence-electron chi connectivity index (χ4n) is 2.81. The van der Waals surface area contributed by atoms with Gasteiger partial charge in [-0.3, -0.25) is 14.5 Å². The molecule has 0 saturated carbocycles. The molecular formula is C16H18N2O2. The lowest BCUT2D eigenvalue weighted by molar-refractivity contribution is -0.138. The molecule has 1 aromatic rings. The van der Waals surface area contributed by atoms with Gasteiger partial charge >= 0.3 is 0 Å². The summed E-state index contributed by atoms with van der Waals surface area (Å²) in [6, 6.07) is 9.57. The number of hydrogen-bond donors (Lipinski definition) is 1. The number of nitrogens with zero attached hydrogens (tertiary/aromatic N) is 1. The Morgan fingerprint density at radius 2 is 2.00 bits per heavy atom. The molecule has 104 valence electrons. The van der Waals surface area contributed by atoms with Crippen LogP contribution in [0.25, 0.3) is 0 Å². The van der Waals surface area contributed by atoms with Crippen LogP contribution in [0.4, 0.5) is 0 Å². The van der Waals surface area contributed by atoms with Crippen molar-refractivity contribution >= 4 is 11.8 Å². The minimum atomic E-state index is -0.300. The summed E-state index contributed by atoms with van der Waals surface area (Å²) in [6.07, 6.45) is 3.29. The van der Waals surface area contributed by atoms with Gasteiger partial charge in [0.2, 0.25) is 11.8 Å². The Hall–Kier alpha value is -1.94. The normalized spacial score (nSPS) is 23.1. The van der Waals surface area contributed by atoms with Crippen LogP contribution in [0.1, 0.15) is 24.3 Å². The highest BCUT2D eigenvalue weighted by Crippen LogP contribution is 2.30. The minimum Gasteiger partial charge on any atom is -0.313 e. The third kappa shape index (κ3) is 2.51. The van der Waals surface area contributed by atoms with Crippen LogP contribution in [0.3, 0.4) is 0 Å². The van der Waals surface area contributed by atoms with Gasteiger partial charge in [-0.25, -0.2) is 0 Å². The largest absolute Gasteiger partial charge is 0.313 e. The van der Waals surface area contributed by atoms with E-state index >= 15 is 0 Å². The van der Waals surface area contributed by atoms with E-state index in [-0.39, 0.29) is 17.7 Å². The van der Waals surface area contributed by atoms with E-state index in [0.717, 1.165) is 25.1 Å². The molecule has 4 nitrogen and oxygen atoms in total. The van der Waals surface area contributed by atoms with Crippen molar-refractivity contribution in [3.63, 3.8) is 0 Å². The van der Waals surface area contributed by atoms with E-state index in [1.54, 1.807) is 0 Å². The summed E-state index contributed by atoms with van der Waals surface area (Å²) in [6.45, 7) is 2.21. The van der Waals surface area contributed by atoms with Gasteiger partial charge < -0.3 is 5.32 Å². The molecule has 1 fully saturated rings. The molecular weight excluding hydrogens is 252 g/mol. The van der Waals surface area contributed by atoms with Gasteiger partial charge in [-0.1, -0.05) is 42.0 Å². The lowest BCUT2D eigenvalue weighted by atomic mass is 9.98. The smallest absolute Gasteiger partial charge is 0.237 e. The minimum absolute atomic E-state index is 0.0525. The van der Waals surface area contributed by atoms with Crippen LogP contribution >= 0.6 is 0 Å². The first-order chi connectivity index (χ1) is 9.75. The van der Waals surface area contributed by atoms with Gasteiger partial charge in [-0.05, 0) is 18.5 Å². The summed E-state index contributed by atoms with van der Waals surface area (Å²) in [4.78, 5) is 26.0. The number of nitrogens with one attached hydrogen (secondary N) is 1. The standard InChI is InChI=1S/C16H18N2O2/c19-15-10-14(13-4-2-1-3-5-13)16(20)18(15)11-12-6-8-17-9-7-12/h1-6,14,17H,7-11H2. The number of carbonyl (C=O) groups excluding carboxylic acids is 2. The van der Waals surface area contributed by atoms with Gasteiger partial charge in [0.15, 0.2) is 0 Å². The van der Waals surface area contributed by atoms with Crippen LogP contribution in [0.15, 0.2) is 42.0 Å². The maximum Gasteiger partial charge on any atom is 0.237 e. The van der Waals surface area contributed by atoms with Crippen LogP contribution in [-0.2, 0) is 9.59 Å². The molecule has 0 aromatic heterocycles. The number of carbonyl (C=O) groups is 2. The Labute approximate surface area is 118 Å². The number of amides is 2. The number of rotatable bonds is 3. The molecule has 0 spiro atoms. The second-order valence-corrected chi connectivity index (χ2v) is 5.30. The zero-order valence-corrected chi connectivity index (χ0v) is 11.3. The molecule has 1 atom stereocenters. The highest BCUT2D eigenvalue weighted by atomic mass is 16.2. The fraction of sp³-hybridized carbons (Fsp3) is 0.375. The Bertz CT molecular complexity index is 551. The second-order valence-electron chi connectivity index (χ2n) is 5.30. The van der Waals surface area contributed by atoms with Crippen LogP contribution < -0.4 is 5.32 Å². The third-order valence-corrected chi connectivity index (χ3v) is 3.97. The quantitative estimate of drug-likeness (QED) is 0.668. The van der Waals surface area contributed by atoms with E-state index in [1.165, 1.54) is 10.5 Å². The lowest BCUT2D eigenvalue weighted by Gasteiger charge is -2.20. The lowest BCUT2D eigenvalue weighted by Crippen LogP contribution is -2.34. The average Bonchev–Trinajstić information content (AvgIpc) is 2.77. The fourth-order valence-corrected chi connectivity index (χ4v) is 2.81. The first-order valence-electron chi connectivity index (χ1n) is 7.03. The molecule has 2 heterocycles. The summed E-state index contributed by atoms with van der Waals surface area (Å²) in [7, 11) is 0. The molecule has 1 unspecified atom stereocenters. The molecule has 0 bridgehead atoms. The molecule has 0 aliphatic carbocycles. The van der Waals surface area contributed by atoms with E-state index in [2.05, 4.69) is 11.4 Å². The highest BCUT2D eigenvalue weighted by Gasteiger charge is 2.39. The van der Waals surface area contributed by atoms with Crippen molar-refractivity contribution in [2.75, 3.05) is 19.6 Å². The topological polar surface area (TPSA) is 49.4 Å². The van der Waals surface area contributed by atoms with Gasteiger partial charge in [0.25, 0.3) is 0 Å². The van der Waals surface area contributed by atoms with Crippen molar-refractivity contribution in [2.45, 2.75) is 18.8 Å². The summed E-state index contributed by atoms with van der Waals surface area (Å²) in [5.74, 6) is -0.407. The van der Waals surface area contributed by atoms with Crippen molar-refractivity contribution in [3.8, 4) is 0 Å². The van der Waals surface area contributed by atoms with Crippen LogP contribution in [-0.4, -0.2) is 36.3 Å². The summed E-state index contributed by atoms with van der Waals surface area (Å²) >= 11 is 0. The van der Waals surface area contributed by atoms with Gasteiger partial charge in [0.1, 0.15) is 0 Å². The third-order valence-electron chi connectivity index (χ3n) is 3.97. The average molecular weight is 270 g/mol. The van der Waals surface area contributed by atoms with E-state index in [1.807, 2.05) is 30.3 Å². The molecule has 1 N–H and O–H groups in total. The Morgan fingerprint density at radius 1 is 1.20 bits per heavy atom. The van der Waals surface area contributed by atoms with Crippen molar-refractivity contribution in [2.24, 2.45) is 0 Å². The van der Waals surface area contributed by atoms with Crippen molar-refractivity contribution in [1.29, 1.82) is 0 Å². The van der Waals surface area contributed by atoms with E-state index in [9.17, 15) is 9.59 Å². The molecule has 1 aromatic carbocycles. The number of likely N-dealkylation sites (tertiary alicyclic amines) is 1. The van der Waals surface area contributed by atoms with Gasteiger partial charge in [-0.2, -0.15) is 0 Å². The van der Waals surface area contributed by atoms with Gasteiger partial charge in [0, 0.05) is 19.5 Å². The molecule has 0 radical (unpaired) electrons. The molecule has 4 heteroatoms. The van der Waals surface area contributed by atoms with Gasteiger partial charge in [-0.15, -0.1) is 0 Å². The molecule has 1 saturated heterocycles. The molecule has 20 heavy (non-hydrogen) atoms. The first-order valence-corrected chi connectivity index (χ1v) is 7.03. The molecule has 2 aliphatic heterocycles. The van der Waals surface area contributed by atoms with Crippen molar-refractivity contribution in [3.05, 3.63) is 47.5 Å². The highest BCUT2D eigenvalue weighted by molar-refractivity contribution is 6.06. The number of hydrogen-bond acceptors (Lipinski definition) is 3. The zero-order chi connectivity index (χ0) is 13.9. The molecule has 3 rings (SSSR count). The van der Waals surface area contributed by atoms with Crippen LogP contribution in [0.5, 0.6) is 0 Å². The maximum absolute atomic E-state index is 12.5. The first kappa shape index (κ1) is 13.1. The Kier molecular flexibility index (Phi) is 3.65. The molecule has 2 amide bonds.